The molecule has 0 atom stereocenters. The van der Waals surface area contributed by atoms with Crippen molar-refractivity contribution in [1.29, 1.82) is 0 Å². The number of ether oxygens (including phenoxy) is 3. The number of hydrogen-bond donors (Lipinski definition) is 1. The van der Waals surface area contributed by atoms with Crippen LogP contribution in [0.25, 0.3) is 11.1 Å². The van der Waals surface area contributed by atoms with Gasteiger partial charge in [0.15, 0.2) is 0 Å². The summed E-state index contributed by atoms with van der Waals surface area (Å²) in [5.41, 5.74) is 2.58. The van der Waals surface area contributed by atoms with E-state index in [1.807, 2.05) is 30.3 Å². The zero-order valence-electron chi connectivity index (χ0n) is 12.1. The van der Waals surface area contributed by atoms with Crippen LogP contribution in [-0.4, -0.2) is 15.2 Å². The van der Waals surface area contributed by atoms with Crippen LogP contribution >= 0.6 is 0 Å². The standard InChI is InChI=1S/C17H13N3O3/c1-2-4-16-12(3-1)11-23-14-7-13(8-18-9-14)15-10-19-20-17(15)22-6-5-21-16/h1-10H,11H2,(H,19,20)/b6-5-. The molecule has 6 nitrogen and oxygen atoms in total. The van der Waals surface area contributed by atoms with Crippen molar-refractivity contribution in [3.63, 3.8) is 0 Å². The number of aromatic amines is 1. The second-order valence-electron chi connectivity index (χ2n) is 4.93. The van der Waals surface area contributed by atoms with E-state index in [-0.39, 0.29) is 0 Å². The van der Waals surface area contributed by atoms with E-state index in [4.69, 9.17) is 14.2 Å². The van der Waals surface area contributed by atoms with Crippen molar-refractivity contribution in [3.8, 4) is 28.5 Å². The molecule has 0 saturated carbocycles. The van der Waals surface area contributed by atoms with Crippen LogP contribution in [0.3, 0.4) is 0 Å². The molecule has 2 aromatic heterocycles. The van der Waals surface area contributed by atoms with Crippen LogP contribution in [0.4, 0.5) is 0 Å². The van der Waals surface area contributed by atoms with Crippen LogP contribution in [0.5, 0.6) is 17.4 Å². The molecular weight excluding hydrogens is 294 g/mol. The maximum absolute atomic E-state index is 5.84. The minimum absolute atomic E-state index is 0.383. The second-order valence-corrected chi connectivity index (χ2v) is 4.93. The summed E-state index contributed by atoms with van der Waals surface area (Å²) in [7, 11) is 0. The smallest absolute Gasteiger partial charge is 0.222 e. The van der Waals surface area contributed by atoms with Gasteiger partial charge in [-0.2, -0.15) is 5.10 Å². The first-order valence-electron chi connectivity index (χ1n) is 7.08. The van der Waals surface area contributed by atoms with E-state index in [1.165, 1.54) is 12.5 Å². The van der Waals surface area contributed by atoms with Gasteiger partial charge in [0.2, 0.25) is 5.88 Å². The van der Waals surface area contributed by atoms with Crippen LogP contribution < -0.4 is 14.2 Å². The number of nitrogens with zero attached hydrogens (tertiary/aromatic N) is 2. The fourth-order valence-electron chi connectivity index (χ4n) is 2.31. The molecule has 0 spiro atoms. The molecule has 3 heterocycles. The number of H-pyrrole nitrogens is 1. The highest BCUT2D eigenvalue weighted by molar-refractivity contribution is 5.68. The summed E-state index contributed by atoms with van der Waals surface area (Å²) < 4.78 is 17.0. The van der Waals surface area contributed by atoms with Crippen molar-refractivity contribution in [2.45, 2.75) is 6.61 Å². The van der Waals surface area contributed by atoms with Gasteiger partial charge in [-0.05, 0) is 12.1 Å². The lowest BCUT2D eigenvalue weighted by Gasteiger charge is -2.10. The Morgan fingerprint density at radius 2 is 1.91 bits per heavy atom. The number of hydrogen-bond acceptors (Lipinski definition) is 5. The van der Waals surface area contributed by atoms with Crippen molar-refractivity contribution < 1.29 is 14.2 Å². The highest BCUT2D eigenvalue weighted by atomic mass is 16.5. The van der Waals surface area contributed by atoms with Gasteiger partial charge in [0.05, 0.1) is 18.0 Å². The van der Waals surface area contributed by atoms with Gasteiger partial charge in [0, 0.05) is 17.3 Å². The molecule has 6 heteroatoms. The summed E-state index contributed by atoms with van der Waals surface area (Å²) in [5, 5.41) is 6.82. The molecule has 23 heavy (non-hydrogen) atoms. The van der Waals surface area contributed by atoms with Crippen LogP contribution in [0.15, 0.2) is 61.4 Å². The lowest BCUT2D eigenvalue weighted by atomic mass is 10.1. The molecule has 0 amide bonds. The molecule has 0 radical (unpaired) electrons. The van der Waals surface area contributed by atoms with Gasteiger partial charge in [0.25, 0.3) is 0 Å². The average molecular weight is 307 g/mol. The van der Waals surface area contributed by atoms with Crippen LogP contribution in [0.1, 0.15) is 5.56 Å². The predicted molar refractivity (Wildman–Crippen MR) is 83.0 cm³/mol. The Hall–Kier alpha value is -3.28. The van der Waals surface area contributed by atoms with Crippen molar-refractivity contribution >= 4 is 0 Å². The summed E-state index contributed by atoms with van der Waals surface area (Å²) in [6, 6.07) is 9.57. The van der Waals surface area contributed by atoms with E-state index >= 15 is 0 Å². The number of nitrogens with one attached hydrogen (secondary N) is 1. The minimum Gasteiger partial charge on any atom is -0.487 e. The van der Waals surface area contributed by atoms with Crippen LogP contribution in [0, 0.1) is 0 Å². The molecule has 0 saturated heterocycles. The molecule has 0 aliphatic carbocycles. The minimum atomic E-state index is 0.383. The highest BCUT2D eigenvalue weighted by Crippen LogP contribution is 2.30. The van der Waals surface area contributed by atoms with Gasteiger partial charge in [-0.25, -0.2) is 5.10 Å². The SMILES string of the molecule is C1=C\Oc2[nH]ncc2-c2cncc(c2)OCc2ccccc2O/1. The molecular formula is C17H13N3O3. The third-order valence-electron chi connectivity index (χ3n) is 3.43. The van der Waals surface area contributed by atoms with Crippen LogP contribution in [-0.2, 0) is 6.61 Å². The molecule has 1 aromatic carbocycles. The first-order valence-corrected chi connectivity index (χ1v) is 7.08. The van der Waals surface area contributed by atoms with Gasteiger partial charge in [-0.15, -0.1) is 0 Å². The molecule has 1 aliphatic heterocycles. The average Bonchev–Trinajstić information content (AvgIpc) is 3.06. The summed E-state index contributed by atoms with van der Waals surface area (Å²) in [5.74, 6) is 1.88. The monoisotopic (exact) mass is 307 g/mol. The second kappa shape index (κ2) is 5.84. The number of rotatable bonds is 0. The summed E-state index contributed by atoms with van der Waals surface area (Å²) in [4.78, 5) is 4.22. The van der Waals surface area contributed by atoms with Crippen molar-refractivity contribution in [3.05, 3.63) is 67.0 Å². The summed E-state index contributed by atoms with van der Waals surface area (Å²) in [6.45, 7) is 0.383. The lowest BCUT2D eigenvalue weighted by Crippen LogP contribution is -1.98. The number of aromatic nitrogens is 3. The zero-order valence-corrected chi connectivity index (χ0v) is 12.1. The first-order chi connectivity index (χ1) is 11.4. The molecule has 0 unspecified atom stereocenters. The normalized spacial score (nSPS) is 14.4. The van der Waals surface area contributed by atoms with E-state index in [0.717, 1.165) is 16.7 Å². The summed E-state index contributed by atoms with van der Waals surface area (Å²) >= 11 is 0. The molecule has 1 N–H and O–H groups in total. The van der Waals surface area contributed by atoms with E-state index in [2.05, 4.69) is 15.2 Å². The quantitative estimate of drug-likeness (QED) is 0.690. The Labute approximate surface area is 132 Å². The first kappa shape index (κ1) is 13.4. The van der Waals surface area contributed by atoms with Gasteiger partial charge in [-0.3, -0.25) is 4.98 Å². The predicted octanol–water partition coefficient (Wildman–Crippen LogP) is 3.29. The largest absolute Gasteiger partial charge is 0.487 e. The van der Waals surface area contributed by atoms with E-state index in [0.29, 0.717) is 24.0 Å². The van der Waals surface area contributed by atoms with Gasteiger partial charge in [-0.1, -0.05) is 18.2 Å². The maximum atomic E-state index is 5.84. The Morgan fingerprint density at radius 3 is 2.91 bits per heavy atom. The fraction of sp³-hybridized carbons (Fsp3) is 0.0588. The van der Waals surface area contributed by atoms with Crippen molar-refractivity contribution in [2.24, 2.45) is 0 Å². The van der Waals surface area contributed by atoms with Gasteiger partial charge in [0.1, 0.15) is 30.6 Å². The number of para-hydroxylation sites is 1. The van der Waals surface area contributed by atoms with E-state index < -0.39 is 0 Å². The zero-order chi connectivity index (χ0) is 15.5. The number of benzene rings is 1. The molecule has 1 aliphatic rings. The number of pyridine rings is 1. The van der Waals surface area contributed by atoms with Crippen molar-refractivity contribution in [1.82, 2.24) is 15.2 Å². The maximum Gasteiger partial charge on any atom is 0.222 e. The van der Waals surface area contributed by atoms with Crippen molar-refractivity contribution in [2.75, 3.05) is 0 Å². The van der Waals surface area contributed by atoms with E-state index in [1.54, 1.807) is 18.6 Å². The molecule has 0 fully saturated rings. The van der Waals surface area contributed by atoms with Gasteiger partial charge < -0.3 is 14.2 Å². The fourth-order valence-corrected chi connectivity index (χ4v) is 2.31. The lowest BCUT2D eigenvalue weighted by molar-refractivity contribution is 0.298. The Bertz CT molecular complexity index is 858. The molecule has 114 valence electrons. The third-order valence-corrected chi connectivity index (χ3v) is 3.43. The Kier molecular flexibility index (Phi) is 3.40. The highest BCUT2D eigenvalue weighted by Gasteiger charge is 2.11. The van der Waals surface area contributed by atoms with Crippen LogP contribution in [0.2, 0.25) is 0 Å². The molecule has 2 bridgehead atoms. The molecule has 3 aromatic rings. The molecule has 4 rings (SSSR count). The van der Waals surface area contributed by atoms with Gasteiger partial charge >= 0.3 is 0 Å². The number of fused-ring (bicyclic) bond motifs is 5. The Morgan fingerprint density at radius 1 is 1.00 bits per heavy atom. The van der Waals surface area contributed by atoms with E-state index in [9.17, 15) is 0 Å². The third kappa shape index (κ3) is 2.74. The topological polar surface area (TPSA) is 69.3 Å². The summed E-state index contributed by atoms with van der Waals surface area (Å²) in [6.07, 6.45) is 8.03. The Balaban J connectivity index is 1.77.